The van der Waals surface area contributed by atoms with Gasteiger partial charge < -0.3 is 5.32 Å². The molecule has 0 atom stereocenters. The van der Waals surface area contributed by atoms with Crippen molar-refractivity contribution in [3.63, 3.8) is 0 Å². The molecule has 4 heteroatoms. The highest BCUT2D eigenvalue weighted by molar-refractivity contribution is 7.97. The number of nitrogens with zero attached hydrogens (tertiary/aromatic N) is 1. The third-order valence-electron chi connectivity index (χ3n) is 3.72. The Balaban J connectivity index is 2.41. The lowest BCUT2D eigenvalue weighted by atomic mass is 10.0. The second-order valence-electron chi connectivity index (χ2n) is 6.01. The Bertz CT molecular complexity index is 656. The van der Waals surface area contributed by atoms with Gasteiger partial charge in [0.15, 0.2) is 0 Å². The van der Waals surface area contributed by atoms with Gasteiger partial charge in [-0.2, -0.15) is 0 Å². The minimum Gasteiger partial charge on any atom is -0.385 e. The molecule has 0 aromatic heterocycles. The van der Waals surface area contributed by atoms with Crippen molar-refractivity contribution >= 4 is 23.9 Å². The molecule has 0 radical (unpaired) electrons. The van der Waals surface area contributed by atoms with Crippen LogP contribution in [0.1, 0.15) is 41.3 Å². The van der Waals surface area contributed by atoms with Crippen molar-refractivity contribution in [2.75, 3.05) is 26.0 Å². The Morgan fingerprint density at radius 3 is 2.54 bits per heavy atom. The van der Waals surface area contributed by atoms with Crippen LogP contribution in [0.4, 0.5) is 5.69 Å². The molecule has 0 aliphatic heterocycles. The van der Waals surface area contributed by atoms with Crippen molar-refractivity contribution in [3.8, 4) is 0 Å². The number of benzene rings is 2. The topological polar surface area (TPSA) is 32.3 Å². The van der Waals surface area contributed by atoms with Crippen molar-refractivity contribution in [3.05, 3.63) is 59.2 Å². The van der Waals surface area contributed by atoms with Gasteiger partial charge >= 0.3 is 0 Å². The predicted molar refractivity (Wildman–Crippen MR) is 104 cm³/mol. The first-order chi connectivity index (χ1) is 11.6. The average Bonchev–Trinajstić information content (AvgIpc) is 2.57. The zero-order valence-corrected chi connectivity index (χ0v) is 15.5. The van der Waals surface area contributed by atoms with Gasteiger partial charge in [-0.25, -0.2) is 0 Å². The molecule has 2 rings (SSSR count). The summed E-state index contributed by atoms with van der Waals surface area (Å²) in [6.07, 6.45) is 4.04. The molecule has 0 fully saturated rings. The average molecular weight is 343 g/mol. The van der Waals surface area contributed by atoms with Crippen molar-refractivity contribution in [2.45, 2.75) is 31.1 Å². The normalized spacial score (nSPS) is 10.8. The minimum atomic E-state index is 0.718. The maximum absolute atomic E-state index is 11.3. The SMILES string of the molecule is CCCCNc1cc(C=O)cc(SN(C)C)c1Cc1ccccc1. The molecule has 24 heavy (non-hydrogen) atoms. The van der Waals surface area contributed by atoms with Crippen molar-refractivity contribution < 1.29 is 4.79 Å². The highest BCUT2D eigenvalue weighted by atomic mass is 32.2. The summed E-state index contributed by atoms with van der Waals surface area (Å²) in [5.74, 6) is 0. The van der Waals surface area contributed by atoms with Gasteiger partial charge in [0.25, 0.3) is 0 Å². The van der Waals surface area contributed by atoms with Gasteiger partial charge in [-0.05, 0) is 55.7 Å². The Labute approximate surface area is 149 Å². The second-order valence-corrected chi connectivity index (χ2v) is 7.36. The summed E-state index contributed by atoms with van der Waals surface area (Å²) in [4.78, 5) is 12.5. The van der Waals surface area contributed by atoms with Crippen LogP contribution in [-0.4, -0.2) is 31.2 Å². The first-order valence-electron chi connectivity index (χ1n) is 8.39. The number of anilines is 1. The summed E-state index contributed by atoms with van der Waals surface area (Å²) < 4.78 is 2.06. The molecule has 0 amide bonds. The molecule has 2 aromatic carbocycles. The fourth-order valence-corrected chi connectivity index (χ4v) is 3.43. The van der Waals surface area contributed by atoms with E-state index in [1.807, 2.05) is 32.3 Å². The van der Waals surface area contributed by atoms with E-state index in [0.29, 0.717) is 0 Å². The summed E-state index contributed by atoms with van der Waals surface area (Å²) in [6.45, 7) is 3.11. The van der Waals surface area contributed by atoms with Gasteiger partial charge in [-0.3, -0.25) is 9.10 Å². The first kappa shape index (κ1) is 18.6. The lowest BCUT2D eigenvalue weighted by molar-refractivity contribution is 0.112. The summed E-state index contributed by atoms with van der Waals surface area (Å²) in [5, 5.41) is 3.53. The fourth-order valence-electron chi connectivity index (χ4n) is 2.55. The van der Waals surface area contributed by atoms with Crippen molar-refractivity contribution in [2.24, 2.45) is 0 Å². The first-order valence-corrected chi connectivity index (χ1v) is 9.16. The van der Waals surface area contributed by atoms with E-state index < -0.39 is 0 Å². The second kappa shape index (κ2) is 9.50. The van der Waals surface area contributed by atoms with Crippen LogP contribution >= 0.6 is 11.9 Å². The molecule has 1 N–H and O–H groups in total. The van der Waals surface area contributed by atoms with Crippen LogP contribution in [0.15, 0.2) is 47.4 Å². The molecule has 0 unspecified atom stereocenters. The van der Waals surface area contributed by atoms with E-state index in [0.717, 1.165) is 48.2 Å². The van der Waals surface area contributed by atoms with Gasteiger partial charge in [0, 0.05) is 29.1 Å². The van der Waals surface area contributed by atoms with Crippen LogP contribution in [0.2, 0.25) is 0 Å². The maximum Gasteiger partial charge on any atom is 0.150 e. The number of carbonyl (C=O) groups is 1. The third kappa shape index (κ3) is 5.39. The summed E-state index contributed by atoms with van der Waals surface area (Å²) in [7, 11) is 4.05. The van der Waals surface area contributed by atoms with E-state index in [4.69, 9.17) is 0 Å². The predicted octanol–water partition coefficient (Wildman–Crippen LogP) is 4.87. The molecule has 0 aliphatic carbocycles. The molecule has 3 nitrogen and oxygen atoms in total. The Hall–Kier alpha value is -1.78. The number of nitrogens with one attached hydrogen (secondary N) is 1. The lowest BCUT2D eigenvalue weighted by Crippen LogP contribution is -2.08. The number of hydrogen-bond acceptors (Lipinski definition) is 4. The number of rotatable bonds is 9. The highest BCUT2D eigenvalue weighted by Gasteiger charge is 2.13. The van der Waals surface area contributed by atoms with Crippen LogP contribution in [-0.2, 0) is 6.42 Å². The summed E-state index contributed by atoms with van der Waals surface area (Å²) >= 11 is 1.66. The quantitative estimate of drug-likeness (QED) is 0.400. The van der Waals surface area contributed by atoms with Crippen LogP contribution < -0.4 is 5.32 Å². The highest BCUT2D eigenvalue weighted by Crippen LogP contribution is 2.33. The van der Waals surface area contributed by atoms with Crippen LogP contribution in [0, 0.1) is 0 Å². The zero-order chi connectivity index (χ0) is 17.4. The summed E-state index contributed by atoms with van der Waals surface area (Å²) in [6, 6.07) is 14.4. The van der Waals surface area contributed by atoms with E-state index in [1.165, 1.54) is 11.1 Å². The van der Waals surface area contributed by atoms with Gasteiger partial charge in [-0.15, -0.1) is 0 Å². The molecule has 0 spiro atoms. The smallest absolute Gasteiger partial charge is 0.150 e. The van der Waals surface area contributed by atoms with Gasteiger partial charge in [0.05, 0.1) is 0 Å². The minimum absolute atomic E-state index is 0.718. The fraction of sp³-hybridized carbons (Fsp3) is 0.350. The van der Waals surface area contributed by atoms with Gasteiger partial charge in [0.2, 0.25) is 0 Å². The van der Waals surface area contributed by atoms with E-state index >= 15 is 0 Å². The standard InChI is InChI=1S/C20H26N2OS/c1-4-5-11-21-19-13-17(15-23)14-20(24-22(2)3)18(19)12-16-9-7-6-8-10-16/h6-10,13-15,21H,4-5,11-12H2,1-3H3. The number of aldehydes is 1. The van der Waals surface area contributed by atoms with Crippen LogP contribution in [0.25, 0.3) is 0 Å². The van der Waals surface area contributed by atoms with E-state index in [2.05, 4.69) is 40.8 Å². The number of unbranched alkanes of at least 4 members (excludes halogenated alkanes) is 1. The zero-order valence-electron chi connectivity index (χ0n) is 14.7. The van der Waals surface area contributed by atoms with E-state index in [9.17, 15) is 4.79 Å². The molecular weight excluding hydrogens is 316 g/mol. The van der Waals surface area contributed by atoms with Crippen molar-refractivity contribution in [1.29, 1.82) is 0 Å². The number of carbonyl (C=O) groups excluding carboxylic acids is 1. The van der Waals surface area contributed by atoms with E-state index in [1.54, 1.807) is 11.9 Å². The largest absolute Gasteiger partial charge is 0.385 e. The molecule has 0 heterocycles. The molecule has 0 bridgehead atoms. The molecule has 0 saturated carbocycles. The molecule has 0 aliphatic rings. The monoisotopic (exact) mass is 342 g/mol. The van der Waals surface area contributed by atoms with Crippen molar-refractivity contribution in [1.82, 2.24) is 4.31 Å². The molecular formula is C20H26N2OS. The molecule has 128 valence electrons. The van der Waals surface area contributed by atoms with Gasteiger partial charge in [-0.1, -0.05) is 43.7 Å². The number of hydrogen-bond donors (Lipinski definition) is 1. The Kier molecular flexibility index (Phi) is 7.35. The molecule has 2 aromatic rings. The Morgan fingerprint density at radius 1 is 1.17 bits per heavy atom. The van der Waals surface area contributed by atoms with Gasteiger partial charge in [0.1, 0.15) is 6.29 Å². The lowest BCUT2D eigenvalue weighted by Gasteiger charge is -2.19. The summed E-state index contributed by atoms with van der Waals surface area (Å²) in [5.41, 5.74) is 4.31. The third-order valence-corrected chi connectivity index (χ3v) is 4.64. The van der Waals surface area contributed by atoms with Crippen LogP contribution in [0.5, 0.6) is 0 Å². The molecule has 0 saturated heterocycles. The van der Waals surface area contributed by atoms with E-state index in [-0.39, 0.29) is 0 Å². The maximum atomic E-state index is 11.3. The van der Waals surface area contributed by atoms with Crippen LogP contribution in [0.3, 0.4) is 0 Å². The Morgan fingerprint density at radius 2 is 1.92 bits per heavy atom.